The summed E-state index contributed by atoms with van der Waals surface area (Å²) in [5, 5.41) is 0.286. The molecule has 0 saturated carbocycles. The molecule has 0 aliphatic rings. The lowest BCUT2D eigenvalue weighted by atomic mass is 10.3. The first-order valence-corrected chi connectivity index (χ1v) is 5.02. The van der Waals surface area contributed by atoms with Crippen LogP contribution in [0.25, 0.3) is 0 Å². The molecule has 0 aliphatic carbocycles. The van der Waals surface area contributed by atoms with Gasteiger partial charge in [0, 0.05) is 25.1 Å². The average Bonchev–Trinajstić information content (AvgIpc) is 2.29. The second-order valence-corrected chi connectivity index (χ2v) is 3.57. The summed E-state index contributed by atoms with van der Waals surface area (Å²) >= 11 is 5.90. The molecule has 16 heavy (non-hydrogen) atoms. The maximum atomic E-state index is 13.0. The molecule has 0 bridgehead atoms. The van der Waals surface area contributed by atoms with Crippen molar-refractivity contribution in [3.63, 3.8) is 0 Å². The minimum atomic E-state index is -0.302. The predicted octanol–water partition coefficient (Wildman–Crippen LogP) is 3.04. The Balaban J connectivity index is 2.39. The molecule has 1 heterocycles. The molecule has 0 saturated heterocycles. The van der Waals surface area contributed by atoms with Gasteiger partial charge in [0.05, 0.1) is 0 Å². The zero-order valence-electron chi connectivity index (χ0n) is 8.56. The van der Waals surface area contributed by atoms with Crippen molar-refractivity contribution in [2.45, 2.75) is 0 Å². The van der Waals surface area contributed by atoms with Crippen LogP contribution in [-0.2, 0) is 0 Å². The lowest BCUT2D eigenvalue weighted by Gasteiger charge is -2.18. The summed E-state index contributed by atoms with van der Waals surface area (Å²) in [6.45, 7) is 0. The molecular formula is C11H9ClFN3. The zero-order chi connectivity index (χ0) is 11.5. The molecule has 0 atom stereocenters. The number of aromatic nitrogens is 2. The maximum Gasteiger partial charge on any atom is 0.172 e. The maximum absolute atomic E-state index is 13.0. The van der Waals surface area contributed by atoms with Crippen LogP contribution in [0.5, 0.6) is 0 Å². The standard InChI is InChI=1S/C11H9ClFN3/c1-16(9-4-2-3-8(13)7-9)11-10(12)14-5-6-15-11/h2-7H,1H3. The van der Waals surface area contributed by atoms with Gasteiger partial charge in [-0.3, -0.25) is 0 Å². The van der Waals surface area contributed by atoms with Gasteiger partial charge in [-0.15, -0.1) is 0 Å². The Hall–Kier alpha value is -1.68. The van der Waals surface area contributed by atoms with Crippen molar-refractivity contribution in [3.8, 4) is 0 Å². The fraction of sp³-hybridized carbons (Fsp3) is 0.0909. The lowest BCUT2D eigenvalue weighted by molar-refractivity contribution is 0.628. The number of hydrogen-bond acceptors (Lipinski definition) is 3. The van der Waals surface area contributed by atoms with Crippen molar-refractivity contribution in [1.29, 1.82) is 0 Å². The molecule has 1 aromatic heterocycles. The molecular weight excluding hydrogens is 229 g/mol. The van der Waals surface area contributed by atoms with E-state index in [1.807, 2.05) is 0 Å². The van der Waals surface area contributed by atoms with E-state index >= 15 is 0 Å². The Morgan fingerprint density at radius 1 is 1.25 bits per heavy atom. The number of benzene rings is 1. The van der Waals surface area contributed by atoms with E-state index in [4.69, 9.17) is 11.6 Å². The largest absolute Gasteiger partial charge is 0.327 e. The average molecular weight is 238 g/mol. The summed E-state index contributed by atoms with van der Waals surface area (Å²) in [5.41, 5.74) is 0.669. The van der Waals surface area contributed by atoms with Gasteiger partial charge in [0.25, 0.3) is 0 Å². The first kappa shape index (κ1) is 10.8. The SMILES string of the molecule is CN(c1cccc(F)c1)c1nccnc1Cl. The first-order valence-electron chi connectivity index (χ1n) is 4.64. The van der Waals surface area contributed by atoms with E-state index in [0.29, 0.717) is 11.5 Å². The van der Waals surface area contributed by atoms with E-state index in [0.717, 1.165) is 0 Å². The van der Waals surface area contributed by atoms with E-state index in [9.17, 15) is 4.39 Å². The van der Waals surface area contributed by atoms with Gasteiger partial charge >= 0.3 is 0 Å². The molecule has 0 aliphatic heterocycles. The van der Waals surface area contributed by atoms with E-state index in [2.05, 4.69) is 9.97 Å². The third-order valence-electron chi connectivity index (χ3n) is 2.15. The summed E-state index contributed by atoms with van der Waals surface area (Å²) in [5.74, 6) is 0.194. The molecule has 2 rings (SSSR count). The smallest absolute Gasteiger partial charge is 0.172 e. The van der Waals surface area contributed by atoms with Gasteiger partial charge in [-0.25, -0.2) is 14.4 Å². The highest BCUT2D eigenvalue weighted by Gasteiger charge is 2.10. The molecule has 1 aromatic carbocycles. The monoisotopic (exact) mass is 237 g/mol. The molecule has 0 spiro atoms. The second kappa shape index (κ2) is 4.45. The van der Waals surface area contributed by atoms with Crippen molar-refractivity contribution >= 4 is 23.1 Å². The Labute approximate surface area is 97.5 Å². The van der Waals surface area contributed by atoms with Crippen molar-refractivity contribution < 1.29 is 4.39 Å². The van der Waals surface area contributed by atoms with Crippen LogP contribution in [0, 0.1) is 5.82 Å². The van der Waals surface area contributed by atoms with Gasteiger partial charge in [0.15, 0.2) is 11.0 Å². The number of anilines is 2. The minimum absolute atomic E-state index is 0.286. The van der Waals surface area contributed by atoms with Gasteiger partial charge < -0.3 is 4.90 Å². The van der Waals surface area contributed by atoms with Gasteiger partial charge in [-0.2, -0.15) is 0 Å². The number of nitrogens with zero attached hydrogens (tertiary/aromatic N) is 3. The minimum Gasteiger partial charge on any atom is -0.327 e. The van der Waals surface area contributed by atoms with Crippen LogP contribution in [0.15, 0.2) is 36.7 Å². The van der Waals surface area contributed by atoms with Crippen LogP contribution in [-0.4, -0.2) is 17.0 Å². The van der Waals surface area contributed by atoms with Crippen LogP contribution in [0.2, 0.25) is 5.15 Å². The van der Waals surface area contributed by atoms with Crippen LogP contribution in [0.4, 0.5) is 15.9 Å². The van der Waals surface area contributed by atoms with Crippen molar-refractivity contribution in [2.75, 3.05) is 11.9 Å². The van der Waals surface area contributed by atoms with Gasteiger partial charge in [0.2, 0.25) is 0 Å². The Kier molecular flexibility index (Phi) is 3.01. The first-order chi connectivity index (χ1) is 7.68. The van der Waals surface area contributed by atoms with Crippen molar-refractivity contribution in [1.82, 2.24) is 9.97 Å². The molecule has 0 fully saturated rings. The predicted molar refractivity (Wildman–Crippen MR) is 61.5 cm³/mol. The van der Waals surface area contributed by atoms with Crippen molar-refractivity contribution in [3.05, 3.63) is 47.6 Å². The Morgan fingerprint density at radius 2 is 2.00 bits per heavy atom. The fourth-order valence-electron chi connectivity index (χ4n) is 1.35. The topological polar surface area (TPSA) is 29.0 Å². The number of rotatable bonds is 2. The Bertz CT molecular complexity index is 504. The summed E-state index contributed by atoms with van der Waals surface area (Å²) < 4.78 is 13.0. The van der Waals surface area contributed by atoms with Crippen LogP contribution in [0.1, 0.15) is 0 Å². The van der Waals surface area contributed by atoms with Gasteiger partial charge in [-0.05, 0) is 18.2 Å². The molecule has 0 N–H and O–H groups in total. The summed E-state index contributed by atoms with van der Waals surface area (Å²) in [6.07, 6.45) is 3.04. The molecule has 0 radical (unpaired) electrons. The van der Waals surface area contributed by atoms with E-state index in [-0.39, 0.29) is 11.0 Å². The fourth-order valence-corrected chi connectivity index (χ4v) is 1.58. The van der Waals surface area contributed by atoms with E-state index in [1.54, 1.807) is 24.1 Å². The number of halogens is 2. The van der Waals surface area contributed by atoms with E-state index < -0.39 is 0 Å². The summed E-state index contributed by atoms with van der Waals surface area (Å²) in [4.78, 5) is 9.69. The van der Waals surface area contributed by atoms with Crippen LogP contribution in [0.3, 0.4) is 0 Å². The highest BCUT2D eigenvalue weighted by molar-refractivity contribution is 6.31. The number of hydrogen-bond donors (Lipinski definition) is 0. The molecule has 82 valence electrons. The normalized spacial score (nSPS) is 10.2. The Morgan fingerprint density at radius 3 is 2.69 bits per heavy atom. The van der Waals surface area contributed by atoms with Crippen molar-refractivity contribution in [2.24, 2.45) is 0 Å². The molecule has 5 heteroatoms. The van der Waals surface area contributed by atoms with Crippen LogP contribution < -0.4 is 4.90 Å². The summed E-state index contributed by atoms with van der Waals surface area (Å²) in [7, 11) is 1.75. The molecule has 0 unspecified atom stereocenters. The second-order valence-electron chi connectivity index (χ2n) is 3.21. The molecule has 0 amide bonds. The van der Waals surface area contributed by atoms with Gasteiger partial charge in [-0.1, -0.05) is 17.7 Å². The summed E-state index contributed by atoms with van der Waals surface area (Å²) in [6, 6.07) is 6.19. The highest BCUT2D eigenvalue weighted by Crippen LogP contribution is 2.26. The third-order valence-corrected chi connectivity index (χ3v) is 2.42. The highest BCUT2D eigenvalue weighted by atomic mass is 35.5. The van der Waals surface area contributed by atoms with Crippen LogP contribution >= 0.6 is 11.6 Å². The van der Waals surface area contributed by atoms with E-state index in [1.165, 1.54) is 24.5 Å². The zero-order valence-corrected chi connectivity index (χ0v) is 9.32. The van der Waals surface area contributed by atoms with Gasteiger partial charge in [0.1, 0.15) is 5.82 Å². The quantitative estimate of drug-likeness (QED) is 0.804. The molecule has 3 nitrogen and oxygen atoms in total. The molecule has 2 aromatic rings. The lowest BCUT2D eigenvalue weighted by Crippen LogP contribution is -2.12. The third kappa shape index (κ3) is 2.12.